The molecule has 4 aromatic rings. The first-order valence-corrected chi connectivity index (χ1v) is 18.2. The Kier molecular flexibility index (Phi) is 7.93. The molecular formula is C28H36N6O4SSi. The van der Waals surface area contributed by atoms with Gasteiger partial charge in [-0.25, -0.2) is 9.67 Å². The molecule has 4 heterocycles. The van der Waals surface area contributed by atoms with Crippen molar-refractivity contribution < 1.29 is 19.1 Å². The van der Waals surface area contributed by atoms with Crippen molar-refractivity contribution in [1.29, 1.82) is 0 Å². The van der Waals surface area contributed by atoms with Gasteiger partial charge in [-0.2, -0.15) is 9.83 Å². The topological polar surface area (TPSA) is 116 Å². The quantitative estimate of drug-likeness (QED) is 0.110. The fraction of sp³-hybridized carbons (Fsp3) is 0.464. The third-order valence-corrected chi connectivity index (χ3v) is 9.94. The average Bonchev–Trinajstić information content (AvgIpc) is 3.47. The van der Waals surface area contributed by atoms with Gasteiger partial charge in [0.05, 0.1) is 32.8 Å². The van der Waals surface area contributed by atoms with Crippen LogP contribution in [-0.2, 0) is 21.1 Å². The second kappa shape index (κ2) is 11.3. The molecule has 1 fully saturated rings. The van der Waals surface area contributed by atoms with Crippen LogP contribution in [0.2, 0.25) is 25.7 Å². The third-order valence-electron chi connectivity index (χ3n) is 7.28. The zero-order valence-electron chi connectivity index (χ0n) is 23.6. The maximum Gasteiger partial charge on any atom is 0.314 e. The van der Waals surface area contributed by atoms with Crippen LogP contribution in [0.4, 0.5) is 5.69 Å². The molecule has 0 bridgehead atoms. The van der Waals surface area contributed by atoms with Crippen LogP contribution >= 0.6 is 11.3 Å². The summed E-state index contributed by atoms with van der Waals surface area (Å²) in [7, 11) is -1.25. The number of likely N-dealkylation sites (tertiary alicyclic amines) is 1. The number of nitrogens with one attached hydrogen (secondary N) is 1. The molecule has 10 nitrogen and oxygen atoms in total. The number of nitrogens with zero attached hydrogens (tertiary/aromatic N) is 5. The maximum atomic E-state index is 13.6. The summed E-state index contributed by atoms with van der Waals surface area (Å²) in [4.78, 5) is 33.3. The zero-order valence-corrected chi connectivity index (χ0v) is 25.5. The van der Waals surface area contributed by atoms with Gasteiger partial charge in [0.2, 0.25) is 6.20 Å². The lowest BCUT2D eigenvalue weighted by atomic mass is 9.89. The number of benzene rings is 1. The lowest BCUT2D eigenvalue weighted by Crippen LogP contribution is -2.46. The van der Waals surface area contributed by atoms with E-state index in [0.717, 1.165) is 39.7 Å². The molecule has 0 aliphatic carbocycles. The van der Waals surface area contributed by atoms with E-state index in [2.05, 4.69) is 42.0 Å². The number of aromatic nitrogens is 4. The number of pyridine rings is 1. The van der Waals surface area contributed by atoms with E-state index >= 15 is 0 Å². The summed E-state index contributed by atoms with van der Waals surface area (Å²) >= 11 is 1.63. The summed E-state index contributed by atoms with van der Waals surface area (Å²) in [6.07, 6.45) is 5.91. The Morgan fingerprint density at radius 1 is 1.25 bits per heavy atom. The smallest absolute Gasteiger partial charge is 0.314 e. The first-order valence-electron chi connectivity index (χ1n) is 13.6. The number of amides is 2. The van der Waals surface area contributed by atoms with Crippen molar-refractivity contribution in [2.45, 2.75) is 65.1 Å². The van der Waals surface area contributed by atoms with Crippen LogP contribution in [0.5, 0.6) is 0 Å². The molecule has 5 rings (SSSR count). The number of hydrogen-bond acceptors (Lipinski definition) is 7. The minimum atomic E-state index is -1.25. The zero-order chi connectivity index (χ0) is 28.6. The van der Waals surface area contributed by atoms with Crippen LogP contribution < -0.4 is 10.0 Å². The highest BCUT2D eigenvalue weighted by Gasteiger charge is 2.35. The fourth-order valence-corrected chi connectivity index (χ4v) is 6.73. The second-order valence-electron chi connectivity index (χ2n) is 11.9. The van der Waals surface area contributed by atoms with E-state index in [1.165, 1.54) is 12.4 Å². The minimum absolute atomic E-state index is 0.179. The van der Waals surface area contributed by atoms with Gasteiger partial charge in [-0.1, -0.05) is 32.6 Å². The number of hydrogen-bond donors (Lipinski definition) is 1. The van der Waals surface area contributed by atoms with E-state index in [4.69, 9.17) is 4.74 Å². The van der Waals surface area contributed by atoms with Crippen molar-refractivity contribution >= 4 is 58.0 Å². The molecule has 0 radical (unpaired) electrons. The lowest BCUT2D eigenvalue weighted by Gasteiger charge is -2.38. The molecule has 40 heavy (non-hydrogen) atoms. The molecule has 1 aromatic carbocycles. The van der Waals surface area contributed by atoms with Crippen molar-refractivity contribution in [2.24, 2.45) is 5.92 Å². The number of anilines is 1. The molecule has 1 N–H and O–H groups in total. The Bertz CT molecular complexity index is 1560. The Morgan fingerprint density at radius 3 is 2.83 bits per heavy atom. The molecule has 12 heteroatoms. The molecule has 0 saturated carbocycles. The van der Waals surface area contributed by atoms with Crippen molar-refractivity contribution in [3.05, 3.63) is 52.6 Å². The van der Waals surface area contributed by atoms with Gasteiger partial charge in [-0.15, -0.1) is 11.3 Å². The molecule has 0 spiro atoms. The van der Waals surface area contributed by atoms with E-state index in [9.17, 15) is 14.8 Å². The van der Waals surface area contributed by atoms with Crippen LogP contribution in [0, 0.1) is 18.0 Å². The number of carbonyl (C=O) groups is 2. The van der Waals surface area contributed by atoms with E-state index in [1.54, 1.807) is 27.1 Å². The first kappa shape index (κ1) is 28.2. The molecular weight excluding hydrogens is 544 g/mol. The molecule has 2 atom stereocenters. The van der Waals surface area contributed by atoms with E-state index in [-0.39, 0.29) is 24.4 Å². The van der Waals surface area contributed by atoms with Crippen LogP contribution in [0.3, 0.4) is 0 Å². The minimum Gasteiger partial charge on any atom is -0.619 e. The van der Waals surface area contributed by atoms with Gasteiger partial charge in [0, 0.05) is 21.2 Å². The first-order chi connectivity index (χ1) is 19.0. The predicted molar refractivity (Wildman–Crippen MR) is 159 cm³/mol. The Balaban J connectivity index is 1.37. The number of piperidine rings is 1. The summed E-state index contributed by atoms with van der Waals surface area (Å²) in [6.45, 7) is 12.2. The molecule has 2 amide bonds. The van der Waals surface area contributed by atoms with E-state index < -0.39 is 19.9 Å². The summed E-state index contributed by atoms with van der Waals surface area (Å²) in [5.74, 6) is -1.15. The number of fused-ring (bicyclic) bond motifs is 2. The normalized spacial score (nSPS) is 18.0. The molecule has 0 unspecified atom stereocenters. The lowest BCUT2D eigenvalue weighted by molar-refractivity contribution is -0.603. The third kappa shape index (κ3) is 6.18. The number of thiazole rings is 1. The largest absolute Gasteiger partial charge is 0.619 e. The standard InChI is InChI=1S/C28H36N6O4SSi/c1-18-6-8-24(20-7-9-25-22(12-20)30-19(2)39-25)33(14-18)28(36)27(35)31-23-16-32(37)15-21-13-29-34(26(21)23)17-38-10-11-40(3,4)5/h7,9,12-13,15-16,18,24H,6,8,10-11,14,17H2,1-5H3,(H,31,35)/t18-,24+/m0/s1. The highest BCUT2D eigenvalue weighted by molar-refractivity contribution is 7.18. The van der Waals surface area contributed by atoms with Crippen LogP contribution in [0.15, 0.2) is 36.8 Å². The molecule has 1 aliphatic rings. The van der Waals surface area contributed by atoms with Crippen LogP contribution in [-0.4, -0.2) is 52.7 Å². The second-order valence-corrected chi connectivity index (χ2v) is 18.8. The summed E-state index contributed by atoms with van der Waals surface area (Å²) in [5.41, 5.74) is 2.63. The molecule has 1 saturated heterocycles. The van der Waals surface area contributed by atoms with E-state index in [1.807, 2.05) is 25.1 Å². The van der Waals surface area contributed by atoms with Crippen molar-refractivity contribution in [3.63, 3.8) is 0 Å². The Morgan fingerprint density at radius 2 is 2.05 bits per heavy atom. The van der Waals surface area contributed by atoms with Crippen molar-refractivity contribution in [3.8, 4) is 0 Å². The molecule has 3 aromatic heterocycles. The number of ether oxygens (including phenoxy) is 1. The highest BCUT2D eigenvalue weighted by atomic mass is 32.1. The average molecular weight is 581 g/mol. The Labute approximate surface area is 238 Å². The van der Waals surface area contributed by atoms with Gasteiger partial charge in [-0.3, -0.25) is 9.59 Å². The van der Waals surface area contributed by atoms with Gasteiger partial charge < -0.3 is 20.2 Å². The van der Waals surface area contributed by atoms with Gasteiger partial charge in [0.1, 0.15) is 17.9 Å². The van der Waals surface area contributed by atoms with Gasteiger partial charge in [-0.05, 0) is 49.4 Å². The van der Waals surface area contributed by atoms with Gasteiger partial charge in [0.25, 0.3) is 0 Å². The molecule has 212 valence electrons. The Hall–Kier alpha value is -3.35. The maximum absolute atomic E-state index is 13.6. The van der Waals surface area contributed by atoms with E-state index in [0.29, 0.717) is 28.8 Å². The van der Waals surface area contributed by atoms with Crippen LogP contribution in [0.25, 0.3) is 21.1 Å². The highest BCUT2D eigenvalue weighted by Crippen LogP contribution is 2.35. The number of carbonyl (C=O) groups excluding carboxylic acids is 2. The fourth-order valence-electron chi connectivity index (χ4n) is 5.17. The van der Waals surface area contributed by atoms with Crippen molar-refractivity contribution in [2.75, 3.05) is 18.5 Å². The molecule has 1 aliphatic heterocycles. The summed E-state index contributed by atoms with van der Waals surface area (Å²) < 4.78 is 9.17. The SMILES string of the molecule is Cc1nc2cc([C@H]3CC[C@H](C)CN3C(=O)C(=O)Nc3c[n+]([O-])cc4cnn(COCC[Si](C)(C)C)c34)ccc2s1. The van der Waals surface area contributed by atoms with Gasteiger partial charge in [0.15, 0.2) is 6.20 Å². The predicted octanol–water partition coefficient (Wildman–Crippen LogP) is 4.84. The number of rotatable bonds is 7. The van der Waals surface area contributed by atoms with Crippen LogP contribution in [0.1, 0.15) is 36.4 Å². The summed E-state index contributed by atoms with van der Waals surface area (Å²) in [5, 5.41) is 20.9. The van der Waals surface area contributed by atoms with Gasteiger partial charge >= 0.3 is 11.8 Å². The monoisotopic (exact) mass is 580 g/mol. The number of aryl methyl sites for hydroxylation is 1. The summed E-state index contributed by atoms with van der Waals surface area (Å²) in [6, 6.07) is 6.87. The van der Waals surface area contributed by atoms with Crippen molar-refractivity contribution in [1.82, 2.24) is 19.7 Å².